The van der Waals surface area contributed by atoms with Gasteiger partial charge >= 0.3 is 0 Å². The highest BCUT2D eigenvalue weighted by Crippen LogP contribution is 2.14. The zero-order valence-electron chi connectivity index (χ0n) is 11.5. The molecule has 1 aliphatic rings. The van der Waals surface area contributed by atoms with Gasteiger partial charge < -0.3 is 9.64 Å². The summed E-state index contributed by atoms with van der Waals surface area (Å²) < 4.78 is 5.61. The molecule has 0 radical (unpaired) electrons. The summed E-state index contributed by atoms with van der Waals surface area (Å²) in [5.74, 6) is 0. The van der Waals surface area contributed by atoms with E-state index in [1.165, 1.54) is 0 Å². The normalized spacial score (nSPS) is 23.9. The Labute approximate surface area is 105 Å². The van der Waals surface area contributed by atoms with Gasteiger partial charge in [0, 0.05) is 25.7 Å². The highest BCUT2D eigenvalue weighted by atomic mass is 16.5. The Kier molecular flexibility index (Phi) is 5.38. The minimum Gasteiger partial charge on any atom is -0.377 e. The minimum atomic E-state index is -0.485. The second-order valence-corrected chi connectivity index (χ2v) is 5.57. The van der Waals surface area contributed by atoms with Gasteiger partial charge in [0.05, 0.1) is 12.2 Å². The van der Waals surface area contributed by atoms with Crippen LogP contribution in [-0.4, -0.2) is 49.3 Å². The van der Waals surface area contributed by atoms with Crippen molar-refractivity contribution in [3.05, 3.63) is 0 Å². The van der Waals surface area contributed by atoms with Crippen molar-refractivity contribution in [2.45, 2.75) is 51.3 Å². The maximum absolute atomic E-state index is 9.27. The third-order valence-electron chi connectivity index (χ3n) is 2.98. The first-order valence-electron chi connectivity index (χ1n) is 6.44. The first kappa shape index (κ1) is 14.4. The van der Waals surface area contributed by atoms with Crippen molar-refractivity contribution in [1.29, 1.82) is 5.26 Å². The van der Waals surface area contributed by atoms with Crippen LogP contribution in [-0.2, 0) is 4.74 Å². The molecule has 2 atom stereocenters. The van der Waals surface area contributed by atoms with Gasteiger partial charge in [-0.1, -0.05) is 0 Å². The number of nitrogens with one attached hydrogen (secondary N) is 1. The fraction of sp³-hybridized carbons (Fsp3) is 0.923. The van der Waals surface area contributed by atoms with E-state index in [1.807, 2.05) is 6.92 Å². The molecule has 2 unspecified atom stereocenters. The molecule has 4 nitrogen and oxygen atoms in total. The molecule has 0 aromatic rings. The van der Waals surface area contributed by atoms with Crippen molar-refractivity contribution in [2.24, 2.45) is 0 Å². The maximum Gasteiger partial charge on any atom is 0.116 e. The van der Waals surface area contributed by atoms with Crippen molar-refractivity contribution in [3.63, 3.8) is 0 Å². The van der Waals surface area contributed by atoms with Crippen LogP contribution in [0.3, 0.4) is 0 Å². The lowest BCUT2D eigenvalue weighted by atomic mass is 10.0. The summed E-state index contributed by atoms with van der Waals surface area (Å²) in [5, 5.41) is 12.6. The predicted molar refractivity (Wildman–Crippen MR) is 68.8 cm³/mol. The second-order valence-electron chi connectivity index (χ2n) is 5.57. The Bertz CT molecular complexity index is 268. The van der Waals surface area contributed by atoms with E-state index in [1.54, 1.807) is 0 Å². The average molecular weight is 239 g/mol. The van der Waals surface area contributed by atoms with Gasteiger partial charge in [0.25, 0.3) is 0 Å². The third kappa shape index (κ3) is 5.03. The summed E-state index contributed by atoms with van der Waals surface area (Å²) in [7, 11) is 2.05. The fourth-order valence-corrected chi connectivity index (χ4v) is 2.49. The molecule has 0 aliphatic carbocycles. The van der Waals surface area contributed by atoms with Crippen molar-refractivity contribution < 1.29 is 4.74 Å². The lowest BCUT2D eigenvalue weighted by Gasteiger charge is -2.31. The average Bonchev–Trinajstić information content (AvgIpc) is 2.68. The number of nitriles is 1. The maximum atomic E-state index is 9.27. The fourth-order valence-electron chi connectivity index (χ4n) is 2.49. The molecular weight excluding hydrogens is 214 g/mol. The van der Waals surface area contributed by atoms with Crippen LogP contribution in [0, 0.1) is 11.3 Å². The van der Waals surface area contributed by atoms with Crippen LogP contribution in [0.25, 0.3) is 0 Å². The van der Waals surface area contributed by atoms with Gasteiger partial charge in [-0.05, 0) is 40.7 Å². The second kappa shape index (κ2) is 6.34. The van der Waals surface area contributed by atoms with Crippen molar-refractivity contribution >= 4 is 0 Å². The van der Waals surface area contributed by atoms with Crippen LogP contribution in [0.4, 0.5) is 0 Å². The van der Waals surface area contributed by atoms with Gasteiger partial charge in [0.1, 0.15) is 5.54 Å². The number of nitrogens with zero attached hydrogens (tertiary/aromatic N) is 2. The molecule has 0 spiro atoms. The predicted octanol–water partition coefficient (Wildman–Crippen LogP) is 1.38. The molecule has 0 bridgehead atoms. The molecule has 98 valence electrons. The molecule has 0 saturated carbocycles. The van der Waals surface area contributed by atoms with E-state index < -0.39 is 5.54 Å². The Morgan fingerprint density at radius 2 is 2.29 bits per heavy atom. The third-order valence-corrected chi connectivity index (χ3v) is 2.98. The number of hydrogen-bond donors (Lipinski definition) is 1. The zero-order valence-corrected chi connectivity index (χ0v) is 11.5. The molecule has 1 N–H and O–H groups in total. The first-order chi connectivity index (χ1) is 7.95. The van der Waals surface area contributed by atoms with E-state index in [0.29, 0.717) is 12.1 Å². The van der Waals surface area contributed by atoms with Crippen LogP contribution in [0.2, 0.25) is 0 Å². The minimum absolute atomic E-state index is 0.316. The summed E-state index contributed by atoms with van der Waals surface area (Å²) in [6.45, 7) is 8.61. The molecule has 0 aromatic heterocycles. The topological polar surface area (TPSA) is 48.3 Å². The Morgan fingerprint density at radius 1 is 1.59 bits per heavy atom. The SMILES string of the molecule is CC(C)NC(C)(C#N)CN(C)CC1CCCO1. The van der Waals surface area contributed by atoms with Gasteiger partial charge in [0.15, 0.2) is 0 Å². The molecule has 0 amide bonds. The molecule has 1 rings (SSSR count). The summed E-state index contributed by atoms with van der Waals surface area (Å²) >= 11 is 0. The van der Waals surface area contributed by atoms with Gasteiger partial charge in [-0.2, -0.15) is 5.26 Å². The van der Waals surface area contributed by atoms with Crippen LogP contribution < -0.4 is 5.32 Å². The van der Waals surface area contributed by atoms with Crippen LogP contribution in [0.15, 0.2) is 0 Å². The van der Waals surface area contributed by atoms with Crippen LogP contribution in [0.5, 0.6) is 0 Å². The molecule has 1 aliphatic heterocycles. The summed E-state index contributed by atoms with van der Waals surface area (Å²) in [6, 6.07) is 2.69. The largest absolute Gasteiger partial charge is 0.377 e. The van der Waals surface area contributed by atoms with E-state index in [9.17, 15) is 5.26 Å². The van der Waals surface area contributed by atoms with E-state index in [-0.39, 0.29) is 0 Å². The molecule has 17 heavy (non-hydrogen) atoms. The zero-order chi connectivity index (χ0) is 12.9. The van der Waals surface area contributed by atoms with Crippen molar-refractivity contribution in [2.75, 3.05) is 26.7 Å². The number of ether oxygens (including phenoxy) is 1. The van der Waals surface area contributed by atoms with Crippen LogP contribution in [0.1, 0.15) is 33.6 Å². The van der Waals surface area contributed by atoms with Gasteiger partial charge in [0.2, 0.25) is 0 Å². The molecular formula is C13H25N3O. The smallest absolute Gasteiger partial charge is 0.116 e. The Balaban J connectivity index is 2.41. The molecule has 4 heteroatoms. The van der Waals surface area contributed by atoms with E-state index in [0.717, 1.165) is 32.5 Å². The number of likely N-dealkylation sites (N-methyl/N-ethyl adjacent to an activating group) is 1. The number of rotatable bonds is 6. The lowest BCUT2D eigenvalue weighted by molar-refractivity contribution is 0.0756. The summed E-state index contributed by atoms with van der Waals surface area (Å²) in [6.07, 6.45) is 2.66. The highest BCUT2D eigenvalue weighted by Gasteiger charge is 2.27. The monoisotopic (exact) mass is 239 g/mol. The Morgan fingerprint density at radius 3 is 2.76 bits per heavy atom. The van der Waals surface area contributed by atoms with Gasteiger partial charge in [-0.3, -0.25) is 5.32 Å². The number of hydrogen-bond acceptors (Lipinski definition) is 4. The van der Waals surface area contributed by atoms with E-state index in [2.05, 4.69) is 37.2 Å². The van der Waals surface area contributed by atoms with E-state index >= 15 is 0 Å². The van der Waals surface area contributed by atoms with Crippen molar-refractivity contribution in [3.8, 4) is 6.07 Å². The van der Waals surface area contributed by atoms with Gasteiger partial charge in [-0.25, -0.2) is 0 Å². The highest BCUT2D eigenvalue weighted by molar-refractivity contribution is 5.06. The lowest BCUT2D eigenvalue weighted by Crippen LogP contribution is -2.53. The van der Waals surface area contributed by atoms with Gasteiger partial charge in [-0.15, -0.1) is 0 Å². The summed E-state index contributed by atoms with van der Waals surface area (Å²) in [5.41, 5.74) is -0.485. The summed E-state index contributed by atoms with van der Waals surface area (Å²) in [4.78, 5) is 2.19. The molecule has 0 aromatic carbocycles. The molecule has 1 saturated heterocycles. The first-order valence-corrected chi connectivity index (χ1v) is 6.44. The standard InChI is InChI=1S/C13H25N3O/c1-11(2)15-13(3,9-14)10-16(4)8-12-6-5-7-17-12/h11-12,15H,5-8,10H2,1-4H3. The molecule has 1 heterocycles. The van der Waals surface area contributed by atoms with Crippen LogP contribution >= 0.6 is 0 Å². The quantitative estimate of drug-likeness (QED) is 0.760. The van der Waals surface area contributed by atoms with E-state index in [4.69, 9.17) is 4.74 Å². The van der Waals surface area contributed by atoms with Crippen molar-refractivity contribution in [1.82, 2.24) is 10.2 Å². The molecule has 1 fully saturated rings. The Hall–Kier alpha value is -0.630.